The Labute approximate surface area is 172 Å². The van der Waals surface area contributed by atoms with Gasteiger partial charge in [-0.1, -0.05) is 54.4 Å². The first-order valence-electron chi connectivity index (χ1n) is 11.1. The first kappa shape index (κ1) is 26.9. The van der Waals surface area contributed by atoms with Gasteiger partial charge in [0.15, 0.2) is 0 Å². The van der Waals surface area contributed by atoms with Gasteiger partial charge in [0, 0.05) is 13.1 Å². The third-order valence-electron chi connectivity index (χ3n) is 4.37. The number of unbranched alkanes of at least 4 members (excludes halogenated alkanes) is 2. The van der Waals surface area contributed by atoms with Gasteiger partial charge in [0.25, 0.3) is 0 Å². The molecule has 0 fully saturated rings. The molecule has 0 aliphatic carbocycles. The highest BCUT2D eigenvalue weighted by Crippen LogP contribution is 2.08. The van der Waals surface area contributed by atoms with Gasteiger partial charge in [-0.2, -0.15) is 0 Å². The van der Waals surface area contributed by atoms with E-state index in [1.54, 1.807) is 0 Å². The van der Waals surface area contributed by atoms with Crippen molar-refractivity contribution in [2.45, 2.75) is 92.2 Å². The molecule has 0 bridgehead atoms. The summed E-state index contributed by atoms with van der Waals surface area (Å²) in [5.41, 5.74) is 0. The summed E-state index contributed by atoms with van der Waals surface area (Å²) in [5.74, 6) is 0.428. The SMILES string of the molecule is CCCCOC(=O)[C@H](CC(C)C)NCCN[C@@H](CC(C)C)C(=O)OCCCC. The van der Waals surface area contributed by atoms with E-state index in [4.69, 9.17) is 9.47 Å². The Morgan fingerprint density at radius 2 is 1.07 bits per heavy atom. The number of nitrogens with one attached hydrogen (secondary N) is 2. The van der Waals surface area contributed by atoms with E-state index in [0.29, 0.717) is 38.1 Å². The van der Waals surface area contributed by atoms with E-state index < -0.39 is 0 Å². The second-order valence-corrected chi connectivity index (χ2v) is 8.31. The topological polar surface area (TPSA) is 76.7 Å². The smallest absolute Gasteiger partial charge is 0.323 e. The number of carbonyl (C=O) groups excluding carboxylic acids is 2. The molecule has 28 heavy (non-hydrogen) atoms. The van der Waals surface area contributed by atoms with Crippen LogP contribution in [0.2, 0.25) is 0 Å². The molecule has 0 heterocycles. The summed E-state index contributed by atoms with van der Waals surface area (Å²) in [4.78, 5) is 24.6. The predicted molar refractivity (Wildman–Crippen MR) is 114 cm³/mol. The van der Waals surface area contributed by atoms with E-state index in [0.717, 1.165) is 38.5 Å². The van der Waals surface area contributed by atoms with E-state index in [1.165, 1.54) is 0 Å². The van der Waals surface area contributed by atoms with Gasteiger partial charge in [0.1, 0.15) is 12.1 Å². The quantitative estimate of drug-likeness (QED) is 0.286. The molecule has 0 saturated heterocycles. The Hall–Kier alpha value is -1.14. The van der Waals surface area contributed by atoms with Gasteiger partial charge in [-0.3, -0.25) is 9.59 Å². The third kappa shape index (κ3) is 13.9. The Morgan fingerprint density at radius 3 is 1.36 bits per heavy atom. The van der Waals surface area contributed by atoms with E-state index in [-0.39, 0.29) is 24.0 Å². The van der Waals surface area contributed by atoms with Crippen molar-refractivity contribution in [1.29, 1.82) is 0 Å². The normalized spacial score (nSPS) is 13.6. The van der Waals surface area contributed by atoms with Crippen LogP contribution in [0.3, 0.4) is 0 Å². The van der Waals surface area contributed by atoms with E-state index in [9.17, 15) is 9.59 Å². The van der Waals surface area contributed by atoms with Crippen molar-refractivity contribution in [3.63, 3.8) is 0 Å². The zero-order valence-electron chi connectivity index (χ0n) is 19.0. The number of rotatable bonds is 17. The first-order chi connectivity index (χ1) is 13.3. The molecule has 2 atom stereocenters. The van der Waals surface area contributed by atoms with Crippen LogP contribution in [-0.2, 0) is 19.1 Å². The highest BCUT2D eigenvalue weighted by molar-refractivity contribution is 5.76. The zero-order chi connectivity index (χ0) is 21.4. The molecular weight excluding hydrogens is 356 g/mol. The van der Waals surface area contributed by atoms with Crippen molar-refractivity contribution < 1.29 is 19.1 Å². The van der Waals surface area contributed by atoms with Crippen molar-refractivity contribution in [2.75, 3.05) is 26.3 Å². The fourth-order valence-electron chi connectivity index (χ4n) is 2.80. The average molecular weight is 401 g/mol. The van der Waals surface area contributed by atoms with Gasteiger partial charge in [-0.15, -0.1) is 0 Å². The van der Waals surface area contributed by atoms with Crippen LogP contribution in [0.25, 0.3) is 0 Å². The summed E-state index contributed by atoms with van der Waals surface area (Å²) < 4.78 is 10.7. The largest absolute Gasteiger partial charge is 0.465 e. The molecule has 2 N–H and O–H groups in total. The summed E-state index contributed by atoms with van der Waals surface area (Å²) in [5, 5.41) is 6.58. The summed E-state index contributed by atoms with van der Waals surface area (Å²) in [7, 11) is 0. The lowest BCUT2D eigenvalue weighted by Crippen LogP contribution is -2.46. The molecule has 0 aliphatic rings. The molecule has 0 aromatic rings. The highest BCUT2D eigenvalue weighted by atomic mass is 16.5. The summed E-state index contributed by atoms with van der Waals surface area (Å²) in [6.45, 7) is 14.7. The lowest BCUT2D eigenvalue weighted by atomic mass is 10.0. The van der Waals surface area contributed by atoms with Crippen LogP contribution < -0.4 is 10.6 Å². The third-order valence-corrected chi connectivity index (χ3v) is 4.37. The number of hydrogen-bond donors (Lipinski definition) is 2. The molecule has 0 spiro atoms. The number of esters is 2. The van der Waals surface area contributed by atoms with Crippen LogP contribution in [0, 0.1) is 11.8 Å². The molecule has 0 saturated carbocycles. The van der Waals surface area contributed by atoms with E-state index >= 15 is 0 Å². The fraction of sp³-hybridized carbons (Fsp3) is 0.909. The van der Waals surface area contributed by atoms with Crippen molar-refractivity contribution in [3.8, 4) is 0 Å². The van der Waals surface area contributed by atoms with Crippen LogP contribution >= 0.6 is 0 Å². The summed E-state index contributed by atoms with van der Waals surface area (Å²) in [6, 6.07) is -0.613. The van der Waals surface area contributed by atoms with Crippen molar-refractivity contribution >= 4 is 11.9 Å². The molecule has 0 aromatic carbocycles. The van der Waals surface area contributed by atoms with Crippen LogP contribution in [0.15, 0.2) is 0 Å². The van der Waals surface area contributed by atoms with Gasteiger partial charge in [-0.05, 0) is 37.5 Å². The Kier molecular flexibility index (Phi) is 16.1. The lowest BCUT2D eigenvalue weighted by Gasteiger charge is -2.22. The monoisotopic (exact) mass is 400 g/mol. The minimum atomic E-state index is -0.307. The van der Waals surface area contributed by atoms with Crippen molar-refractivity contribution in [2.24, 2.45) is 11.8 Å². The average Bonchev–Trinajstić information content (AvgIpc) is 2.62. The maximum Gasteiger partial charge on any atom is 0.323 e. The number of ether oxygens (including phenoxy) is 2. The predicted octanol–water partition coefficient (Wildman–Crippen LogP) is 3.68. The number of hydrogen-bond acceptors (Lipinski definition) is 6. The van der Waals surface area contributed by atoms with Crippen molar-refractivity contribution in [3.05, 3.63) is 0 Å². The molecule has 166 valence electrons. The second-order valence-electron chi connectivity index (χ2n) is 8.31. The maximum atomic E-state index is 12.3. The van der Waals surface area contributed by atoms with Crippen LogP contribution in [-0.4, -0.2) is 50.3 Å². The maximum absolute atomic E-state index is 12.3. The molecule has 0 amide bonds. The fourth-order valence-corrected chi connectivity index (χ4v) is 2.80. The minimum Gasteiger partial charge on any atom is -0.465 e. The Morgan fingerprint density at radius 1 is 0.714 bits per heavy atom. The molecule has 0 radical (unpaired) electrons. The molecule has 0 rings (SSSR count). The molecule has 6 heteroatoms. The number of carbonyl (C=O) groups is 2. The zero-order valence-corrected chi connectivity index (χ0v) is 19.0. The Balaban J connectivity index is 4.47. The van der Waals surface area contributed by atoms with E-state index in [2.05, 4.69) is 52.2 Å². The molecule has 6 nitrogen and oxygen atoms in total. The van der Waals surface area contributed by atoms with Gasteiger partial charge >= 0.3 is 11.9 Å². The summed E-state index contributed by atoms with van der Waals surface area (Å²) in [6.07, 6.45) is 5.26. The van der Waals surface area contributed by atoms with E-state index in [1.807, 2.05) is 0 Å². The highest BCUT2D eigenvalue weighted by Gasteiger charge is 2.22. The van der Waals surface area contributed by atoms with Gasteiger partial charge < -0.3 is 20.1 Å². The summed E-state index contributed by atoms with van der Waals surface area (Å²) >= 11 is 0. The van der Waals surface area contributed by atoms with Crippen molar-refractivity contribution in [1.82, 2.24) is 10.6 Å². The molecule has 0 unspecified atom stereocenters. The van der Waals surface area contributed by atoms with Crippen LogP contribution in [0.4, 0.5) is 0 Å². The molecule has 0 aromatic heterocycles. The molecular formula is C22H44N2O4. The van der Waals surface area contributed by atoms with Gasteiger partial charge in [-0.25, -0.2) is 0 Å². The Bertz CT molecular complexity index is 375. The second kappa shape index (κ2) is 16.8. The molecule has 0 aliphatic heterocycles. The lowest BCUT2D eigenvalue weighted by molar-refractivity contribution is -0.148. The standard InChI is InChI=1S/C22H44N2O4/c1-7-9-13-27-21(25)19(15-17(3)4)23-11-12-24-20(16-18(5)6)22(26)28-14-10-8-2/h17-20,23-24H,7-16H2,1-6H3/t19-,20-/m0/s1. The van der Waals surface area contributed by atoms with Gasteiger partial charge in [0.05, 0.1) is 13.2 Å². The van der Waals surface area contributed by atoms with Crippen LogP contribution in [0.1, 0.15) is 80.1 Å². The van der Waals surface area contributed by atoms with Crippen LogP contribution in [0.5, 0.6) is 0 Å². The minimum absolute atomic E-state index is 0.181. The van der Waals surface area contributed by atoms with Gasteiger partial charge in [0.2, 0.25) is 0 Å². The first-order valence-corrected chi connectivity index (χ1v) is 11.1.